The van der Waals surface area contributed by atoms with Crippen molar-refractivity contribution in [2.45, 2.75) is 210 Å². The molecule has 0 unspecified atom stereocenters. The SMILES string of the molecule is Cc1c(C)c(-c2cccc[n+]2C)n(-c2c(C(C)C)cccc2C(C)C)c1C.Cc1c(C)c(-c2cccc[n+]2C)n(-c2ccccc2C(C)C)c1C.Cc1cc(C)c(-n2c(C)c(C)c(C)c2-c2cccc[n+]2C)c(C)c1.Cc1cn(-c2c(-c3ccccc3)cccc2-c2ccccc2)c(-c2cccc[n+]2C)c1C.Cc1cn(-c2c(C(C)C)cc(-c3ccccc3)cc2C(C)C)c(-c2cccc[n+]2C)c1C. The van der Waals surface area contributed by atoms with Gasteiger partial charge < -0.3 is 22.8 Å². The Labute approximate surface area is 831 Å². The molecule has 10 heteroatoms. The smallest absolute Gasteiger partial charge is 0.229 e. The fourth-order valence-electron chi connectivity index (χ4n) is 20.5. The summed E-state index contributed by atoms with van der Waals surface area (Å²) in [6, 6.07) is 95.8. The molecule has 0 fully saturated rings. The van der Waals surface area contributed by atoms with Crippen LogP contribution in [-0.4, -0.2) is 22.8 Å². The Balaban J connectivity index is 0.000000139. The highest BCUT2D eigenvalue weighted by molar-refractivity contribution is 5.88. The highest BCUT2D eigenvalue weighted by Gasteiger charge is 2.33. The molecule has 10 heterocycles. The van der Waals surface area contributed by atoms with Gasteiger partial charge in [0.15, 0.2) is 31.0 Å². The maximum Gasteiger partial charge on any atom is 0.229 e. The molecule has 0 amide bonds. The van der Waals surface area contributed by atoms with Crippen molar-refractivity contribution < 1.29 is 22.8 Å². The number of rotatable bonds is 18. The Morgan fingerprint density at radius 2 is 0.496 bits per heavy atom. The van der Waals surface area contributed by atoms with E-state index in [9.17, 15) is 0 Å². The predicted molar refractivity (Wildman–Crippen MR) is 584 cm³/mol. The van der Waals surface area contributed by atoms with Crippen LogP contribution in [0.15, 0.2) is 310 Å². The van der Waals surface area contributed by atoms with Crippen LogP contribution < -0.4 is 22.8 Å². The van der Waals surface area contributed by atoms with E-state index in [2.05, 4.69) is 571 Å². The minimum absolute atomic E-state index is 0.409. The molecule has 139 heavy (non-hydrogen) atoms. The molecule has 0 N–H and O–H groups in total. The number of pyridine rings is 5. The van der Waals surface area contributed by atoms with Crippen LogP contribution in [0.2, 0.25) is 0 Å². The molecule has 10 nitrogen and oxygen atoms in total. The molecule has 0 radical (unpaired) electrons. The van der Waals surface area contributed by atoms with E-state index in [-0.39, 0.29) is 0 Å². The molecule has 0 spiro atoms. The highest BCUT2D eigenvalue weighted by Crippen LogP contribution is 2.46. The molecular formula is C129H149N10+5. The van der Waals surface area contributed by atoms with Crippen LogP contribution in [0.3, 0.4) is 0 Å². The van der Waals surface area contributed by atoms with Gasteiger partial charge in [0.1, 0.15) is 63.7 Å². The van der Waals surface area contributed by atoms with Gasteiger partial charge in [0.25, 0.3) is 0 Å². The first kappa shape index (κ1) is 101. The molecule has 0 bridgehead atoms. The standard InChI is InChI=1S/C30H27N2.C30H35N2.C25H33N2.2C22H27N2/c1-22-21-32(29(23(22)2)28-19-10-11-20-31(28)3)30-26(24-13-6-4-7-14-24)17-12-18-27(30)25-15-8-5-9-16-25;1-20(2)26-17-25(24-13-9-8-10-14-24)18-27(21(3)4)30(26)32-19-22(5)23(6)29(32)28-15-11-12-16-31(28)7;1-16(2)21-12-11-13-22(17(3)4)25(21)27-20(7)18(5)19(6)24(27)23-14-9-10-15-26(23)8;1-14-12-15(2)21(16(3)13-14)24-19(6)17(4)18(5)22(24)20-10-8-9-11-23(20)7;1-15(2)19-11-7-8-12-20(19)24-18(5)16(3)17(4)22(24)21-13-9-10-14-23(21)6/h4-21H,1-3H3;8-21H,1-7H3;9-17H,1-8H3;8-13H,1-7H3;7-15H,1-6H3/q5*+1. The monoisotopic (exact) mass is 1840 g/mol. The molecule has 18 aromatic rings. The van der Waals surface area contributed by atoms with Crippen molar-refractivity contribution in [3.63, 3.8) is 0 Å². The van der Waals surface area contributed by atoms with E-state index in [1.54, 1.807) is 0 Å². The first-order valence-electron chi connectivity index (χ1n) is 49.9. The van der Waals surface area contributed by atoms with Gasteiger partial charge in [-0.1, -0.05) is 233 Å². The fraction of sp³-hybridized carbons (Fsp3) is 0.279. The Morgan fingerprint density at radius 1 is 0.209 bits per heavy atom. The topological polar surface area (TPSA) is 44.0 Å². The second-order valence-electron chi connectivity index (χ2n) is 40.0. The summed E-state index contributed by atoms with van der Waals surface area (Å²) >= 11 is 0. The van der Waals surface area contributed by atoms with Gasteiger partial charge in [-0.2, -0.15) is 22.8 Å². The predicted octanol–water partition coefficient (Wildman–Crippen LogP) is 30.4. The molecule has 10 aromatic heterocycles. The van der Waals surface area contributed by atoms with Crippen LogP contribution in [0.25, 0.3) is 119 Å². The van der Waals surface area contributed by atoms with Crippen LogP contribution in [0.4, 0.5) is 0 Å². The summed E-state index contributed by atoms with van der Waals surface area (Å²) in [5.74, 6) is 2.25. The van der Waals surface area contributed by atoms with Gasteiger partial charge in [-0.15, -0.1) is 0 Å². The number of nitrogens with zero attached hydrogens (tertiary/aromatic N) is 10. The van der Waals surface area contributed by atoms with Crippen molar-refractivity contribution in [1.29, 1.82) is 0 Å². The van der Waals surface area contributed by atoms with Crippen LogP contribution in [0.5, 0.6) is 0 Å². The van der Waals surface area contributed by atoms with Crippen molar-refractivity contribution in [1.82, 2.24) is 22.8 Å². The number of hydrogen-bond acceptors (Lipinski definition) is 0. The maximum absolute atomic E-state index is 2.52. The lowest BCUT2D eigenvalue weighted by atomic mass is 9.88. The normalized spacial score (nSPS) is 11.3. The van der Waals surface area contributed by atoms with Crippen molar-refractivity contribution in [3.8, 4) is 119 Å². The highest BCUT2D eigenvalue weighted by atomic mass is 15.1. The van der Waals surface area contributed by atoms with E-state index < -0.39 is 0 Å². The summed E-state index contributed by atoms with van der Waals surface area (Å²) in [6.45, 7) is 58.6. The molecule has 18 rings (SSSR count). The van der Waals surface area contributed by atoms with Gasteiger partial charge >= 0.3 is 0 Å². The minimum atomic E-state index is 0.409. The van der Waals surface area contributed by atoms with Crippen molar-refractivity contribution in [2.75, 3.05) is 0 Å². The molecule has 0 aliphatic heterocycles. The number of aryl methyl sites for hydroxylation is 10. The van der Waals surface area contributed by atoms with Crippen LogP contribution in [0.1, 0.15) is 216 Å². The third-order valence-electron chi connectivity index (χ3n) is 29.0. The quantitative estimate of drug-likeness (QED) is 0.0769. The fourth-order valence-corrected chi connectivity index (χ4v) is 20.5. The number of hydrogen-bond donors (Lipinski definition) is 0. The number of aromatic nitrogens is 10. The summed E-state index contributed by atoms with van der Waals surface area (Å²) in [6.07, 6.45) is 15.2. The van der Waals surface area contributed by atoms with Crippen LogP contribution >= 0.6 is 0 Å². The minimum Gasteiger partial charge on any atom is -0.310 e. The number of para-hydroxylation sites is 3. The number of benzene rings is 8. The molecule has 0 saturated carbocycles. The Morgan fingerprint density at radius 3 is 0.849 bits per heavy atom. The lowest BCUT2D eigenvalue weighted by Crippen LogP contribution is -2.31. The zero-order valence-corrected chi connectivity index (χ0v) is 88.8. The average molecular weight is 1840 g/mol. The summed E-state index contributed by atoms with van der Waals surface area (Å²) < 4.78 is 23.3. The summed E-state index contributed by atoms with van der Waals surface area (Å²) in [5, 5.41) is 0. The lowest BCUT2D eigenvalue weighted by Gasteiger charge is -2.24. The molecule has 8 aromatic carbocycles. The van der Waals surface area contributed by atoms with E-state index in [0.29, 0.717) is 29.6 Å². The Hall–Kier alpha value is -14.1. The summed E-state index contributed by atoms with van der Waals surface area (Å²) in [5.41, 5.74) is 54.9. The second kappa shape index (κ2) is 43.3. The largest absolute Gasteiger partial charge is 0.310 e. The van der Waals surface area contributed by atoms with Gasteiger partial charge in [0, 0.05) is 107 Å². The average Bonchev–Trinajstić information content (AvgIpc) is 1.78. The maximum atomic E-state index is 2.52. The van der Waals surface area contributed by atoms with E-state index in [1.807, 2.05) is 0 Å². The van der Waals surface area contributed by atoms with Crippen molar-refractivity contribution >= 4 is 0 Å². The first-order valence-corrected chi connectivity index (χ1v) is 49.9. The van der Waals surface area contributed by atoms with E-state index >= 15 is 0 Å². The van der Waals surface area contributed by atoms with E-state index in [0.717, 1.165) is 0 Å². The molecular weight excluding hydrogens is 1690 g/mol. The van der Waals surface area contributed by atoms with E-state index in [4.69, 9.17) is 0 Å². The van der Waals surface area contributed by atoms with Crippen LogP contribution in [-0.2, 0) is 35.2 Å². The lowest BCUT2D eigenvalue weighted by molar-refractivity contribution is -0.660. The zero-order chi connectivity index (χ0) is 100.0. The molecule has 0 aliphatic carbocycles. The molecule has 710 valence electrons. The van der Waals surface area contributed by atoms with Gasteiger partial charge in [-0.25, -0.2) is 0 Å². The van der Waals surface area contributed by atoms with Gasteiger partial charge in [-0.3, -0.25) is 0 Å². The van der Waals surface area contributed by atoms with Crippen LogP contribution in [0, 0.1) is 111 Å². The zero-order valence-electron chi connectivity index (χ0n) is 88.8. The van der Waals surface area contributed by atoms with Crippen molar-refractivity contribution in [2.24, 2.45) is 35.2 Å². The molecule has 0 aliphatic rings. The summed E-state index contributed by atoms with van der Waals surface area (Å²) in [4.78, 5) is 0. The van der Waals surface area contributed by atoms with Gasteiger partial charge in [0.05, 0.1) is 22.7 Å². The van der Waals surface area contributed by atoms with E-state index in [1.165, 1.54) is 236 Å². The molecule has 0 atom stereocenters. The third kappa shape index (κ3) is 20.5. The van der Waals surface area contributed by atoms with Crippen molar-refractivity contribution in [3.05, 3.63) is 428 Å². The molecule has 0 saturated heterocycles. The second-order valence-corrected chi connectivity index (χ2v) is 40.0. The van der Waals surface area contributed by atoms with Gasteiger partial charge in [-0.05, 0) is 306 Å². The third-order valence-corrected chi connectivity index (χ3v) is 29.0. The van der Waals surface area contributed by atoms with Gasteiger partial charge in [0.2, 0.25) is 28.5 Å². The summed E-state index contributed by atoms with van der Waals surface area (Å²) in [7, 11) is 10.6. The Kier molecular flexibility index (Phi) is 31.4. The Bertz CT molecular complexity index is 7310. The first-order chi connectivity index (χ1) is 66.4.